The van der Waals surface area contributed by atoms with E-state index in [4.69, 9.17) is 19.6 Å². The second-order valence-corrected chi connectivity index (χ2v) is 7.53. The first-order valence-corrected chi connectivity index (χ1v) is 8.19. The summed E-state index contributed by atoms with van der Waals surface area (Å²) in [4.78, 5) is 23.4. The first kappa shape index (κ1) is 14.8. The summed E-state index contributed by atoms with van der Waals surface area (Å²) in [6.45, 7) is 8.78. The fourth-order valence-electron chi connectivity index (χ4n) is 3.86. The summed E-state index contributed by atoms with van der Waals surface area (Å²) < 4.78 is 0. The quantitative estimate of drug-likeness (QED) is 0.625. The topological polar surface area (TPSA) is 36.9 Å². The molecule has 2 aliphatic carbocycles. The van der Waals surface area contributed by atoms with Gasteiger partial charge in [0.25, 0.3) is 0 Å². The Bertz CT molecular complexity index is 314. The summed E-state index contributed by atoms with van der Waals surface area (Å²) in [5.74, 6) is 0.345. The Morgan fingerprint density at radius 2 is 0.950 bits per heavy atom. The molecule has 0 N–H and O–H groups in total. The monoisotopic (exact) mass is 284 g/mol. The van der Waals surface area contributed by atoms with E-state index in [1.165, 1.54) is 12.8 Å². The zero-order valence-corrected chi connectivity index (χ0v) is 13.2. The van der Waals surface area contributed by atoms with E-state index in [0.29, 0.717) is 23.7 Å². The molecule has 0 bridgehead atoms. The van der Waals surface area contributed by atoms with Crippen molar-refractivity contribution >= 4 is 0 Å². The van der Waals surface area contributed by atoms with Crippen LogP contribution in [0.5, 0.6) is 0 Å². The van der Waals surface area contributed by atoms with Crippen LogP contribution in [-0.2, 0) is 19.6 Å². The van der Waals surface area contributed by atoms with Crippen molar-refractivity contribution < 1.29 is 19.6 Å². The highest BCUT2D eigenvalue weighted by Crippen LogP contribution is 2.49. The Morgan fingerprint density at radius 1 is 0.600 bits per heavy atom. The van der Waals surface area contributed by atoms with Crippen molar-refractivity contribution in [1.29, 1.82) is 0 Å². The maximum Gasteiger partial charge on any atom is 0.237 e. The smallest absolute Gasteiger partial charge is 0.195 e. The van der Waals surface area contributed by atoms with E-state index >= 15 is 0 Å². The summed E-state index contributed by atoms with van der Waals surface area (Å²) in [6, 6.07) is 0. The molecule has 0 aromatic heterocycles. The number of hydrogen-bond donors (Lipinski definition) is 0. The molecule has 4 nitrogen and oxygen atoms in total. The summed E-state index contributed by atoms with van der Waals surface area (Å²) in [5, 5.41) is 0. The molecule has 0 unspecified atom stereocenters. The zero-order chi connectivity index (χ0) is 14.4. The third-order valence-corrected chi connectivity index (χ3v) is 5.60. The molecule has 1 saturated heterocycles. The summed E-state index contributed by atoms with van der Waals surface area (Å²) >= 11 is 0. The predicted molar refractivity (Wildman–Crippen MR) is 74.2 cm³/mol. The van der Waals surface area contributed by atoms with Gasteiger partial charge in [-0.2, -0.15) is 19.6 Å². The van der Waals surface area contributed by atoms with Gasteiger partial charge in [0.2, 0.25) is 11.6 Å². The molecule has 0 aromatic carbocycles. The van der Waals surface area contributed by atoms with Crippen LogP contribution >= 0.6 is 0 Å². The van der Waals surface area contributed by atoms with Crippen LogP contribution in [0.3, 0.4) is 0 Å². The van der Waals surface area contributed by atoms with Gasteiger partial charge in [-0.1, -0.05) is 40.5 Å². The number of hydrogen-bond acceptors (Lipinski definition) is 4. The van der Waals surface area contributed by atoms with E-state index in [1.807, 2.05) is 0 Å². The van der Waals surface area contributed by atoms with Crippen LogP contribution in [0.15, 0.2) is 0 Å². The van der Waals surface area contributed by atoms with E-state index in [2.05, 4.69) is 27.7 Å². The van der Waals surface area contributed by atoms with Gasteiger partial charge < -0.3 is 0 Å². The average Bonchev–Trinajstić information content (AvgIpc) is 2.42. The molecule has 1 aliphatic heterocycles. The van der Waals surface area contributed by atoms with Gasteiger partial charge in [0.1, 0.15) is 0 Å². The highest BCUT2D eigenvalue weighted by atomic mass is 17.4. The molecular weight excluding hydrogens is 256 g/mol. The minimum atomic E-state index is -0.705. The lowest BCUT2D eigenvalue weighted by Gasteiger charge is -2.51. The summed E-state index contributed by atoms with van der Waals surface area (Å²) in [5.41, 5.74) is 0. The van der Waals surface area contributed by atoms with Crippen LogP contribution in [-0.4, -0.2) is 11.6 Å². The van der Waals surface area contributed by atoms with Gasteiger partial charge in [-0.15, -0.1) is 0 Å². The second kappa shape index (κ2) is 5.24. The fraction of sp³-hybridized carbons (Fsp3) is 1.00. The van der Waals surface area contributed by atoms with Crippen LogP contribution in [0.2, 0.25) is 0 Å². The Labute approximate surface area is 122 Å². The highest BCUT2D eigenvalue weighted by Gasteiger charge is 2.56. The van der Waals surface area contributed by atoms with E-state index in [1.54, 1.807) is 0 Å². The fourth-order valence-corrected chi connectivity index (χ4v) is 3.86. The maximum absolute atomic E-state index is 5.85. The van der Waals surface area contributed by atoms with Gasteiger partial charge in [-0.25, -0.2) is 0 Å². The van der Waals surface area contributed by atoms with Crippen molar-refractivity contribution in [3.05, 3.63) is 0 Å². The van der Waals surface area contributed by atoms with Gasteiger partial charge in [0.05, 0.1) is 0 Å². The Morgan fingerprint density at radius 3 is 1.30 bits per heavy atom. The van der Waals surface area contributed by atoms with E-state index in [0.717, 1.165) is 25.7 Å². The lowest BCUT2D eigenvalue weighted by Crippen LogP contribution is -2.59. The van der Waals surface area contributed by atoms with Crippen molar-refractivity contribution in [2.45, 2.75) is 77.8 Å². The van der Waals surface area contributed by atoms with Crippen LogP contribution < -0.4 is 0 Å². The molecule has 116 valence electrons. The van der Waals surface area contributed by atoms with Crippen LogP contribution in [0.25, 0.3) is 0 Å². The molecule has 3 aliphatic rings. The molecule has 2 saturated carbocycles. The van der Waals surface area contributed by atoms with Crippen molar-refractivity contribution in [3.63, 3.8) is 0 Å². The molecule has 0 aromatic rings. The normalized spacial score (nSPS) is 53.4. The minimum absolute atomic E-state index is 0.298. The molecule has 4 heteroatoms. The lowest BCUT2D eigenvalue weighted by molar-refractivity contribution is -0.676. The molecule has 0 amide bonds. The molecule has 20 heavy (non-hydrogen) atoms. The second-order valence-electron chi connectivity index (χ2n) is 7.53. The third-order valence-electron chi connectivity index (χ3n) is 5.60. The molecule has 1 heterocycles. The van der Waals surface area contributed by atoms with E-state index in [-0.39, 0.29) is 0 Å². The summed E-state index contributed by atoms with van der Waals surface area (Å²) in [7, 11) is 0. The van der Waals surface area contributed by atoms with Gasteiger partial charge in [-0.05, 0) is 24.7 Å². The number of rotatable bonds is 0. The molecule has 4 atom stereocenters. The van der Waals surface area contributed by atoms with Gasteiger partial charge in [0.15, 0.2) is 0 Å². The highest BCUT2D eigenvalue weighted by molar-refractivity contribution is 4.88. The third kappa shape index (κ3) is 2.41. The van der Waals surface area contributed by atoms with E-state index < -0.39 is 11.6 Å². The molecule has 3 fully saturated rings. The standard InChI is InChI=1S/C16H28O4/c1-11-5-7-13(3)15(9-11)17-19-16(20-18-15)10-12(2)6-8-14(16)4/h11-14H,5-10H2,1-4H3/t11-,12+,13+,14-,15?,16?. The van der Waals surface area contributed by atoms with Crippen molar-refractivity contribution in [1.82, 2.24) is 0 Å². The molecular formula is C16H28O4. The van der Waals surface area contributed by atoms with Gasteiger partial charge in [0, 0.05) is 24.7 Å². The van der Waals surface area contributed by atoms with Crippen molar-refractivity contribution in [2.75, 3.05) is 0 Å². The van der Waals surface area contributed by atoms with Crippen LogP contribution in [0.1, 0.15) is 66.2 Å². The van der Waals surface area contributed by atoms with Crippen molar-refractivity contribution in [3.8, 4) is 0 Å². The largest absolute Gasteiger partial charge is 0.237 e. The van der Waals surface area contributed by atoms with Crippen molar-refractivity contribution in [2.24, 2.45) is 23.7 Å². The Kier molecular flexibility index (Phi) is 3.87. The lowest BCUT2D eigenvalue weighted by atomic mass is 9.78. The first-order valence-electron chi connectivity index (χ1n) is 8.19. The molecule has 0 radical (unpaired) electrons. The first-order chi connectivity index (χ1) is 9.46. The minimum Gasteiger partial charge on any atom is -0.195 e. The van der Waals surface area contributed by atoms with Gasteiger partial charge >= 0.3 is 0 Å². The predicted octanol–water partition coefficient (Wildman–Crippen LogP) is 4.20. The van der Waals surface area contributed by atoms with Crippen LogP contribution in [0.4, 0.5) is 0 Å². The maximum atomic E-state index is 5.85. The average molecular weight is 284 g/mol. The molecule has 2 spiro atoms. The SMILES string of the molecule is C[C@@H]1CC[C@H](C)C2(C1)OOC1(C[C@@H](C)CC[C@H]1C)OO2. The summed E-state index contributed by atoms with van der Waals surface area (Å²) in [6.07, 6.45) is 6.30. The Balaban J connectivity index is 1.72. The van der Waals surface area contributed by atoms with Gasteiger partial charge in [-0.3, -0.25) is 0 Å². The Hall–Kier alpha value is -0.160. The van der Waals surface area contributed by atoms with E-state index in [9.17, 15) is 0 Å². The molecule has 3 rings (SSSR count). The van der Waals surface area contributed by atoms with Crippen LogP contribution in [0, 0.1) is 23.7 Å². The zero-order valence-electron chi connectivity index (χ0n) is 13.2.